The highest BCUT2D eigenvalue weighted by Crippen LogP contribution is 2.38. The largest absolute Gasteiger partial charge is 0.450 e. The van der Waals surface area contributed by atoms with E-state index in [1.54, 1.807) is 36.4 Å². The van der Waals surface area contributed by atoms with E-state index in [1.165, 1.54) is 24.3 Å². The SMILES string of the molecule is O=C(CN1C(=O)S/C(=C/c2cccc(Oc3ccc(C(F)(F)F)cc3[N+](=O)[O-])c2)C1=O)c1ccccc1. The lowest BCUT2D eigenvalue weighted by Gasteiger charge is -2.11. The number of Topliss-reactive ketones (excluding diaryl/α,β-unsaturated/α-hetero) is 1. The zero-order valence-corrected chi connectivity index (χ0v) is 19.4. The lowest BCUT2D eigenvalue weighted by Crippen LogP contribution is -2.33. The number of imide groups is 1. The summed E-state index contributed by atoms with van der Waals surface area (Å²) in [5.41, 5.74) is -1.33. The van der Waals surface area contributed by atoms with Crippen LogP contribution in [-0.4, -0.2) is 33.3 Å². The minimum absolute atomic E-state index is 0.0449. The van der Waals surface area contributed by atoms with E-state index in [1.807, 2.05) is 0 Å². The summed E-state index contributed by atoms with van der Waals surface area (Å²) in [5, 5.41) is 10.7. The second-order valence-corrected chi connectivity index (χ2v) is 8.66. The Hall–Kier alpha value is -4.45. The van der Waals surface area contributed by atoms with Crippen LogP contribution in [0.4, 0.5) is 23.7 Å². The smallest absolute Gasteiger partial charge is 0.416 e. The zero-order valence-electron chi connectivity index (χ0n) is 18.6. The number of ketones is 1. The first-order chi connectivity index (χ1) is 17.5. The molecule has 4 rings (SSSR count). The van der Waals surface area contributed by atoms with Crippen molar-refractivity contribution in [3.63, 3.8) is 0 Å². The number of ether oxygens (including phenoxy) is 1. The highest BCUT2D eigenvalue weighted by molar-refractivity contribution is 8.18. The van der Waals surface area contributed by atoms with Gasteiger partial charge in [-0.15, -0.1) is 0 Å². The highest BCUT2D eigenvalue weighted by atomic mass is 32.2. The number of hydrogen-bond donors (Lipinski definition) is 0. The first-order valence-corrected chi connectivity index (χ1v) is 11.3. The van der Waals surface area contributed by atoms with Crippen LogP contribution in [0.2, 0.25) is 0 Å². The molecule has 1 aliphatic rings. The molecule has 0 N–H and O–H groups in total. The van der Waals surface area contributed by atoms with E-state index in [0.29, 0.717) is 35.0 Å². The van der Waals surface area contributed by atoms with Gasteiger partial charge in [0.1, 0.15) is 5.75 Å². The molecule has 37 heavy (non-hydrogen) atoms. The number of nitro benzene ring substituents is 1. The fourth-order valence-corrected chi connectivity index (χ4v) is 4.20. The Labute approximate surface area is 211 Å². The van der Waals surface area contributed by atoms with Crippen molar-refractivity contribution in [3.05, 3.63) is 105 Å². The molecule has 3 aromatic rings. The van der Waals surface area contributed by atoms with E-state index in [9.17, 15) is 37.7 Å². The Morgan fingerprint density at radius 2 is 1.76 bits per heavy atom. The topological polar surface area (TPSA) is 107 Å². The summed E-state index contributed by atoms with van der Waals surface area (Å²) in [6, 6.07) is 16.0. The summed E-state index contributed by atoms with van der Waals surface area (Å²) in [4.78, 5) is 48.7. The molecular weight excluding hydrogens is 513 g/mol. The van der Waals surface area contributed by atoms with Crippen LogP contribution in [0.3, 0.4) is 0 Å². The minimum atomic E-state index is -4.77. The van der Waals surface area contributed by atoms with Crippen LogP contribution < -0.4 is 4.74 Å². The number of hydrogen-bond acceptors (Lipinski definition) is 7. The fourth-order valence-electron chi connectivity index (χ4n) is 3.36. The first-order valence-electron chi connectivity index (χ1n) is 10.5. The second-order valence-electron chi connectivity index (χ2n) is 7.67. The first kappa shape index (κ1) is 25.6. The number of thioether (sulfide) groups is 1. The van der Waals surface area contributed by atoms with Crippen LogP contribution in [0.5, 0.6) is 11.5 Å². The minimum Gasteiger partial charge on any atom is -0.450 e. The van der Waals surface area contributed by atoms with Gasteiger partial charge < -0.3 is 4.74 Å². The molecule has 0 aromatic heterocycles. The van der Waals surface area contributed by atoms with E-state index in [-0.39, 0.29) is 10.7 Å². The zero-order chi connectivity index (χ0) is 26.7. The third-order valence-corrected chi connectivity index (χ3v) is 6.05. The standard InChI is InChI=1S/C25H15F3N2O6S/c26-25(27,28)17-9-10-21(19(13-17)30(34)35)36-18-8-4-5-15(11-18)12-22-23(32)29(24(33)37-22)14-20(31)16-6-2-1-3-7-16/h1-13H,14H2/b22-12+. The lowest BCUT2D eigenvalue weighted by atomic mass is 10.1. The molecule has 1 fully saturated rings. The van der Waals surface area contributed by atoms with Crippen molar-refractivity contribution < 1.29 is 37.2 Å². The molecule has 0 aliphatic carbocycles. The van der Waals surface area contributed by atoms with Crippen molar-refractivity contribution in [2.75, 3.05) is 6.54 Å². The van der Waals surface area contributed by atoms with Crippen LogP contribution in [-0.2, 0) is 11.0 Å². The number of carbonyl (C=O) groups excluding carboxylic acids is 3. The van der Waals surface area contributed by atoms with Gasteiger partial charge >= 0.3 is 11.9 Å². The number of alkyl halides is 3. The Balaban J connectivity index is 1.53. The maximum atomic E-state index is 12.9. The number of halogens is 3. The molecule has 0 atom stereocenters. The van der Waals surface area contributed by atoms with Gasteiger partial charge in [0.25, 0.3) is 11.1 Å². The molecule has 2 amide bonds. The van der Waals surface area contributed by atoms with E-state index in [2.05, 4.69) is 0 Å². The highest BCUT2D eigenvalue weighted by Gasteiger charge is 2.36. The molecule has 188 valence electrons. The summed E-state index contributed by atoms with van der Waals surface area (Å²) in [5.74, 6) is -1.42. The second kappa shape index (κ2) is 10.3. The number of benzene rings is 3. The summed E-state index contributed by atoms with van der Waals surface area (Å²) < 4.78 is 44.3. The van der Waals surface area contributed by atoms with Crippen molar-refractivity contribution in [1.82, 2.24) is 4.90 Å². The monoisotopic (exact) mass is 528 g/mol. The van der Waals surface area contributed by atoms with Crippen LogP contribution in [0, 0.1) is 10.1 Å². The molecular formula is C25H15F3N2O6S. The van der Waals surface area contributed by atoms with Crippen LogP contribution in [0.1, 0.15) is 21.5 Å². The number of amides is 2. The number of rotatable bonds is 7. The summed E-state index contributed by atoms with van der Waals surface area (Å²) in [7, 11) is 0. The van der Waals surface area contributed by atoms with Gasteiger partial charge in [-0.25, -0.2) is 0 Å². The number of carbonyl (C=O) groups is 3. The Kier molecular flexibility index (Phi) is 7.11. The van der Waals surface area contributed by atoms with Gasteiger partial charge in [-0.2, -0.15) is 13.2 Å². The van der Waals surface area contributed by atoms with Gasteiger partial charge in [-0.3, -0.25) is 29.4 Å². The Bertz CT molecular complexity index is 1440. The maximum absolute atomic E-state index is 12.9. The summed E-state index contributed by atoms with van der Waals surface area (Å²) in [6.45, 7) is -0.424. The molecule has 12 heteroatoms. The van der Waals surface area contributed by atoms with Crippen molar-refractivity contribution >= 4 is 40.5 Å². The number of nitro groups is 1. The lowest BCUT2D eigenvalue weighted by molar-refractivity contribution is -0.385. The number of nitrogens with zero attached hydrogens (tertiary/aromatic N) is 2. The van der Waals surface area contributed by atoms with Crippen molar-refractivity contribution in [2.24, 2.45) is 0 Å². The van der Waals surface area contributed by atoms with Crippen LogP contribution in [0.15, 0.2) is 77.7 Å². The molecule has 1 aliphatic heterocycles. The van der Waals surface area contributed by atoms with Crippen LogP contribution in [0.25, 0.3) is 6.08 Å². The van der Waals surface area contributed by atoms with Gasteiger partial charge in [0, 0.05) is 11.6 Å². The predicted molar refractivity (Wildman–Crippen MR) is 128 cm³/mol. The van der Waals surface area contributed by atoms with Gasteiger partial charge in [0.2, 0.25) is 5.75 Å². The third-order valence-electron chi connectivity index (χ3n) is 5.14. The summed E-state index contributed by atoms with van der Waals surface area (Å²) in [6.07, 6.45) is -3.39. The van der Waals surface area contributed by atoms with Crippen molar-refractivity contribution in [3.8, 4) is 11.5 Å². The van der Waals surface area contributed by atoms with Gasteiger partial charge in [-0.1, -0.05) is 42.5 Å². The van der Waals surface area contributed by atoms with Crippen LogP contribution >= 0.6 is 11.8 Å². The van der Waals surface area contributed by atoms with E-state index >= 15 is 0 Å². The molecule has 1 saturated heterocycles. The molecule has 0 unspecified atom stereocenters. The van der Waals surface area contributed by atoms with E-state index in [0.717, 1.165) is 11.0 Å². The average molecular weight is 528 g/mol. The molecule has 8 nitrogen and oxygen atoms in total. The molecule has 0 spiro atoms. The van der Waals surface area contributed by atoms with Gasteiger partial charge in [0.15, 0.2) is 5.78 Å². The fraction of sp³-hybridized carbons (Fsp3) is 0.0800. The molecule has 0 radical (unpaired) electrons. The van der Waals surface area contributed by atoms with E-state index < -0.39 is 51.6 Å². The van der Waals surface area contributed by atoms with Gasteiger partial charge in [0.05, 0.1) is 21.9 Å². The maximum Gasteiger partial charge on any atom is 0.416 e. The van der Waals surface area contributed by atoms with E-state index in [4.69, 9.17) is 4.74 Å². The molecule has 3 aromatic carbocycles. The molecule has 0 saturated carbocycles. The Morgan fingerprint density at radius 1 is 1.03 bits per heavy atom. The van der Waals surface area contributed by atoms with Crippen molar-refractivity contribution in [1.29, 1.82) is 0 Å². The molecule has 1 heterocycles. The average Bonchev–Trinajstić information content (AvgIpc) is 3.11. The third kappa shape index (κ3) is 5.86. The molecule has 0 bridgehead atoms. The predicted octanol–water partition coefficient (Wildman–Crippen LogP) is 6.33. The summed E-state index contributed by atoms with van der Waals surface area (Å²) >= 11 is 0.644. The van der Waals surface area contributed by atoms with Crippen molar-refractivity contribution in [2.45, 2.75) is 6.18 Å². The quantitative estimate of drug-likeness (QED) is 0.153. The normalized spacial score (nSPS) is 14.8. The Morgan fingerprint density at radius 3 is 2.43 bits per heavy atom. The van der Waals surface area contributed by atoms with Gasteiger partial charge in [-0.05, 0) is 47.7 Å².